The molecule has 0 unspecified atom stereocenters. The van der Waals surface area contributed by atoms with Crippen LogP contribution in [-0.2, 0) is 14.3 Å². The molecule has 16 heavy (non-hydrogen) atoms. The van der Waals surface area contributed by atoms with Crippen LogP contribution in [0, 0.1) is 5.41 Å². The highest BCUT2D eigenvalue weighted by molar-refractivity contribution is 7.80. The third kappa shape index (κ3) is 3.14. The average molecular weight is 245 g/mol. The summed E-state index contributed by atoms with van der Waals surface area (Å²) in [5, 5.41) is 2.66. The second-order valence-electron chi connectivity index (χ2n) is 3.72. The molecule has 6 nitrogen and oxygen atoms in total. The zero-order valence-electron chi connectivity index (χ0n) is 8.82. The maximum atomic E-state index is 11.6. The lowest BCUT2D eigenvalue weighted by Crippen LogP contribution is -2.41. The Morgan fingerprint density at radius 2 is 2.00 bits per heavy atom. The van der Waals surface area contributed by atoms with Crippen LogP contribution in [0.1, 0.15) is 12.8 Å². The normalized spacial score (nSPS) is 16.5. The van der Waals surface area contributed by atoms with Crippen molar-refractivity contribution in [2.24, 2.45) is 16.9 Å². The molecule has 5 N–H and O–H groups in total. The molecule has 1 fully saturated rings. The van der Waals surface area contributed by atoms with Gasteiger partial charge in [-0.2, -0.15) is 0 Å². The first-order valence-corrected chi connectivity index (χ1v) is 5.34. The summed E-state index contributed by atoms with van der Waals surface area (Å²) in [6, 6.07) is 0. The standard InChI is InChI=1S/C9H15N3O3S/c10-6(13)5-15-4-3-12-8(14)9(1-2-9)7(11)16/h1-5H2,(H2,10,13)(H2,11,16)(H,12,14). The van der Waals surface area contributed by atoms with Gasteiger partial charge in [0.2, 0.25) is 11.8 Å². The van der Waals surface area contributed by atoms with Gasteiger partial charge in [-0.3, -0.25) is 9.59 Å². The van der Waals surface area contributed by atoms with Crippen molar-refractivity contribution in [3.63, 3.8) is 0 Å². The average Bonchev–Trinajstić information content (AvgIpc) is 2.96. The number of carbonyl (C=O) groups excluding carboxylic acids is 2. The number of nitrogens with two attached hydrogens (primary N) is 2. The topological polar surface area (TPSA) is 107 Å². The van der Waals surface area contributed by atoms with E-state index in [1.165, 1.54) is 0 Å². The quantitative estimate of drug-likeness (QED) is 0.380. The summed E-state index contributed by atoms with van der Waals surface area (Å²) in [5.74, 6) is -0.698. The molecule has 7 heteroatoms. The molecule has 1 aliphatic carbocycles. The van der Waals surface area contributed by atoms with Crippen molar-refractivity contribution in [1.29, 1.82) is 0 Å². The fourth-order valence-corrected chi connectivity index (χ4v) is 1.59. The molecular weight excluding hydrogens is 230 g/mol. The van der Waals surface area contributed by atoms with Crippen molar-refractivity contribution in [2.45, 2.75) is 12.8 Å². The van der Waals surface area contributed by atoms with E-state index in [0.717, 1.165) is 0 Å². The number of nitrogens with one attached hydrogen (secondary N) is 1. The summed E-state index contributed by atoms with van der Waals surface area (Å²) in [7, 11) is 0. The van der Waals surface area contributed by atoms with Crippen molar-refractivity contribution in [2.75, 3.05) is 19.8 Å². The van der Waals surface area contributed by atoms with Crippen molar-refractivity contribution < 1.29 is 14.3 Å². The summed E-state index contributed by atoms with van der Waals surface area (Å²) in [4.78, 5) is 22.2. The molecule has 0 radical (unpaired) electrons. The van der Waals surface area contributed by atoms with E-state index in [4.69, 9.17) is 28.4 Å². The molecule has 0 atom stereocenters. The number of amides is 2. The number of ether oxygens (including phenoxy) is 1. The Bertz CT molecular complexity index is 315. The molecule has 2 amide bonds. The second kappa shape index (κ2) is 5.22. The molecule has 0 bridgehead atoms. The predicted octanol–water partition coefficient (Wildman–Crippen LogP) is -1.33. The number of hydrogen-bond donors (Lipinski definition) is 3. The van der Waals surface area contributed by atoms with Gasteiger partial charge in [0.05, 0.1) is 17.0 Å². The van der Waals surface area contributed by atoms with Crippen molar-refractivity contribution >= 4 is 29.0 Å². The van der Waals surface area contributed by atoms with Gasteiger partial charge in [-0.15, -0.1) is 0 Å². The van der Waals surface area contributed by atoms with Crippen molar-refractivity contribution in [1.82, 2.24) is 5.32 Å². The van der Waals surface area contributed by atoms with Crippen molar-refractivity contribution in [3.05, 3.63) is 0 Å². The Kier molecular flexibility index (Phi) is 4.19. The van der Waals surface area contributed by atoms with Gasteiger partial charge in [0.1, 0.15) is 6.61 Å². The van der Waals surface area contributed by atoms with Gasteiger partial charge in [-0.25, -0.2) is 0 Å². The Labute approximate surface area is 98.7 Å². The Morgan fingerprint density at radius 3 is 2.44 bits per heavy atom. The van der Waals surface area contributed by atoms with Crippen LogP contribution in [-0.4, -0.2) is 36.6 Å². The number of hydrogen-bond acceptors (Lipinski definition) is 4. The van der Waals surface area contributed by atoms with Crippen LogP contribution in [0.2, 0.25) is 0 Å². The third-order valence-electron chi connectivity index (χ3n) is 2.43. The van der Waals surface area contributed by atoms with E-state index in [-0.39, 0.29) is 24.1 Å². The van der Waals surface area contributed by atoms with Crippen LogP contribution in [0.4, 0.5) is 0 Å². The van der Waals surface area contributed by atoms with Gasteiger partial charge < -0.3 is 21.5 Å². The first kappa shape index (κ1) is 12.9. The zero-order chi connectivity index (χ0) is 12.2. The van der Waals surface area contributed by atoms with Gasteiger partial charge in [0, 0.05) is 6.54 Å². The minimum atomic E-state index is -0.640. The highest BCUT2D eigenvalue weighted by Gasteiger charge is 2.52. The van der Waals surface area contributed by atoms with Crippen LogP contribution in [0.5, 0.6) is 0 Å². The molecule has 90 valence electrons. The summed E-state index contributed by atoms with van der Waals surface area (Å²) in [6.45, 7) is 0.412. The highest BCUT2D eigenvalue weighted by atomic mass is 32.1. The molecule has 0 heterocycles. The number of rotatable bonds is 7. The van der Waals surface area contributed by atoms with Crippen LogP contribution in [0.25, 0.3) is 0 Å². The van der Waals surface area contributed by atoms with Gasteiger partial charge in [0.15, 0.2) is 0 Å². The minimum absolute atomic E-state index is 0.143. The smallest absolute Gasteiger partial charge is 0.243 e. The predicted molar refractivity (Wildman–Crippen MR) is 61.5 cm³/mol. The first-order chi connectivity index (χ1) is 7.49. The van der Waals surface area contributed by atoms with Crippen LogP contribution in [0.3, 0.4) is 0 Å². The van der Waals surface area contributed by atoms with Crippen LogP contribution in [0.15, 0.2) is 0 Å². The first-order valence-electron chi connectivity index (χ1n) is 4.93. The van der Waals surface area contributed by atoms with E-state index < -0.39 is 11.3 Å². The van der Waals surface area contributed by atoms with E-state index in [2.05, 4.69) is 5.32 Å². The fourth-order valence-electron chi connectivity index (χ4n) is 1.29. The third-order valence-corrected chi connectivity index (χ3v) is 2.82. The number of primary amides is 1. The molecule has 1 aliphatic rings. The summed E-state index contributed by atoms with van der Waals surface area (Å²) >= 11 is 4.83. The minimum Gasteiger partial charge on any atom is -0.392 e. The van der Waals surface area contributed by atoms with Gasteiger partial charge in [-0.1, -0.05) is 12.2 Å². The van der Waals surface area contributed by atoms with E-state index in [0.29, 0.717) is 19.4 Å². The molecule has 0 aromatic carbocycles. The maximum Gasteiger partial charge on any atom is 0.243 e. The summed E-state index contributed by atoms with van der Waals surface area (Å²) in [5.41, 5.74) is 9.71. The summed E-state index contributed by atoms with van der Waals surface area (Å²) < 4.78 is 4.89. The van der Waals surface area contributed by atoms with E-state index in [9.17, 15) is 9.59 Å². The van der Waals surface area contributed by atoms with Gasteiger partial charge in [0.25, 0.3) is 0 Å². The van der Waals surface area contributed by atoms with Gasteiger partial charge >= 0.3 is 0 Å². The van der Waals surface area contributed by atoms with Crippen molar-refractivity contribution in [3.8, 4) is 0 Å². The molecular formula is C9H15N3O3S. The molecule has 0 aromatic heterocycles. The Hall–Kier alpha value is -1.21. The van der Waals surface area contributed by atoms with E-state index in [1.54, 1.807) is 0 Å². The van der Waals surface area contributed by atoms with Gasteiger partial charge in [-0.05, 0) is 12.8 Å². The molecule has 0 aromatic rings. The van der Waals surface area contributed by atoms with Crippen LogP contribution < -0.4 is 16.8 Å². The van der Waals surface area contributed by atoms with E-state index in [1.807, 2.05) is 0 Å². The molecule has 0 spiro atoms. The molecule has 1 saturated carbocycles. The summed E-state index contributed by atoms with van der Waals surface area (Å²) in [6.07, 6.45) is 1.41. The fraction of sp³-hybridized carbons (Fsp3) is 0.667. The lowest BCUT2D eigenvalue weighted by atomic mass is 10.1. The Balaban J connectivity index is 2.16. The largest absolute Gasteiger partial charge is 0.392 e. The SMILES string of the molecule is NC(=O)COCCNC(=O)C1(C(N)=S)CC1. The molecule has 0 aliphatic heterocycles. The molecule has 0 saturated heterocycles. The number of thiocarbonyl (C=S) groups is 1. The monoisotopic (exact) mass is 245 g/mol. The maximum absolute atomic E-state index is 11.6. The second-order valence-corrected chi connectivity index (χ2v) is 4.16. The molecule has 1 rings (SSSR count). The lowest BCUT2D eigenvalue weighted by Gasteiger charge is -2.13. The Morgan fingerprint density at radius 1 is 1.38 bits per heavy atom. The number of carbonyl (C=O) groups is 2. The zero-order valence-corrected chi connectivity index (χ0v) is 9.64. The highest BCUT2D eigenvalue weighted by Crippen LogP contribution is 2.46. The lowest BCUT2D eigenvalue weighted by molar-refractivity contribution is -0.124. The van der Waals surface area contributed by atoms with Crippen LogP contribution >= 0.6 is 12.2 Å². The van der Waals surface area contributed by atoms with E-state index >= 15 is 0 Å².